The topological polar surface area (TPSA) is 71.2 Å². The maximum absolute atomic E-state index is 11.9. The summed E-state index contributed by atoms with van der Waals surface area (Å²) in [5.41, 5.74) is 1.35. The number of ketones is 1. The smallest absolute Gasteiger partial charge is 0.233 e. The van der Waals surface area contributed by atoms with Gasteiger partial charge in [-0.2, -0.15) is 0 Å². The van der Waals surface area contributed by atoms with Gasteiger partial charge in [-0.15, -0.1) is 5.01 Å². The molecule has 132 valence electrons. The fraction of sp³-hybridized carbons (Fsp3) is 0.588. The highest BCUT2D eigenvalue weighted by Gasteiger charge is 2.27. The van der Waals surface area contributed by atoms with Gasteiger partial charge in [0.2, 0.25) is 5.28 Å². The van der Waals surface area contributed by atoms with Crippen molar-refractivity contribution in [2.45, 2.75) is 45.8 Å². The van der Waals surface area contributed by atoms with Crippen LogP contribution in [0.15, 0.2) is 29.5 Å². The molecule has 1 aliphatic heterocycles. The van der Waals surface area contributed by atoms with Crippen molar-refractivity contribution in [2.24, 2.45) is 5.28 Å². The minimum Gasteiger partial charge on any atom is -0.569 e. The molecule has 0 bridgehead atoms. The summed E-state index contributed by atoms with van der Waals surface area (Å²) < 4.78 is 0. The lowest BCUT2D eigenvalue weighted by molar-refractivity contribution is -0.720. The molecular formula is C17H26N4O3. The van der Waals surface area contributed by atoms with E-state index in [1.165, 1.54) is 5.01 Å². The van der Waals surface area contributed by atoms with Crippen molar-refractivity contribution in [1.82, 2.24) is 5.01 Å². The minimum absolute atomic E-state index is 0.0473. The van der Waals surface area contributed by atoms with Gasteiger partial charge < -0.3 is 14.9 Å². The molecule has 0 aromatic heterocycles. The van der Waals surface area contributed by atoms with Gasteiger partial charge in [-0.3, -0.25) is 4.79 Å². The van der Waals surface area contributed by atoms with Crippen molar-refractivity contribution in [3.05, 3.63) is 35.0 Å². The molecule has 1 aliphatic rings. The van der Waals surface area contributed by atoms with Crippen molar-refractivity contribution in [1.29, 1.82) is 0 Å². The summed E-state index contributed by atoms with van der Waals surface area (Å²) in [6.45, 7) is 8.77. The summed E-state index contributed by atoms with van der Waals surface area (Å²) in [5, 5.41) is 17.1. The lowest BCUT2D eigenvalue weighted by Gasteiger charge is -2.26. The largest absolute Gasteiger partial charge is 0.569 e. The van der Waals surface area contributed by atoms with Crippen LogP contribution < -0.4 is 4.90 Å². The van der Waals surface area contributed by atoms with E-state index < -0.39 is 0 Å². The molecule has 2 rings (SSSR count). The Morgan fingerprint density at radius 2 is 2.17 bits per heavy atom. The molecule has 24 heavy (non-hydrogen) atoms. The van der Waals surface area contributed by atoms with E-state index in [0.29, 0.717) is 17.1 Å². The van der Waals surface area contributed by atoms with Crippen LogP contribution in [0.25, 0.3) is 0 Å². The molecule has 1 fully saturated rings. The average molecular weight is 334 g/mol. The number of anilines is 1. The summed E-state index contributed by atoms with van der Waals surface area (Å²) in [4.78, 5) is 19.5. The number of hydrazine groups is 1. The van der Waals surface area contributed by atoms with Gasteiger partial charge in [-0.1, -0.05) is 12.1 Å². The van der Waals surface area contributed by atoms with Crippen LogP contribution in [0.5, 0.6) is 0 Å². The molecule has 0 amide bonds. The standard InChI is InChI=1S/C17H26N4O3/c1-13(22)14-7-6-8-15(11-14)20-10-9-16(12-20)24-18-21(23)19(5)17(2,3)4/h6-8,11,16H,9-10,12H2,1-5H3/b21-18-/t16-/m1/s1. The Labute approximate surface area is 143 Å². The molecule has 0 unspecified atom stereocenters. The van der Waals surface area contributed by atoms with Crippen LogP contribution in [0.1, 0.15) is 44.5 Å². The number of hydrogen-bond acceptors (Lipinski definition) is 5. The minimum atomic E-state index is -0.330. The molecule has 1 aromatic rings. The predicted molar refractivity (Wildman–Crippen MR) is 91.7 cm³/mol. The van der Waals surface area contributed by atoms with Crippen LogP contribution in [0.3, 0.4) is 0 Å². The number of Topliss-reactive ketones (excluding diaryl/α,β-unsaturated/α-hetero) is 1. The van der Waals surface area contributed by atoms with Crippen LogP contribution in [-0.2, 0) is 4.84 Å². The van der Waals surface area contributed by atoms with Gasteiger partial charge in [0.25, 0.3) is 0 Å². The van der Waals surface area contributed by atoms with E-state index in [9.17, 15) is 10.0 Å². The van der Waals surface area contributed by atoms with Gasteiger partial charge in [0.15, 0.2) is 11.9 Å². The molecule has 7 nitrogen and oxygen atoms in total. The highest BCUT2D eigenvalue weighted by atomic mass is 16.7. The van der Waals surface area contributed by atoms with Crippen LogP contribution in [0.4, 0.5) is 5.69 Å². The number of hydrogen-bond donors (Lipinski definition) is 0. The van der Waals surface area contributed by atoms with Crippen LogP contribution in [-0.4, -0.2) is 47.5 Å². The molecule has 0 N–H and O–H groups in total. The van der Waals surface area contributed by atoms with E-state index in [-0.39, 0.29) is 17.4 Å². The van der Waals surface area contributed by atoms with E-state index in [2.05, 4.69) is 10.2 Å². The van der Waals surface area contributed by atoms with Crippen molar-refractivity contribution in [3.63, 3.8) is 0 Å². The van der Waals surface area contributed by atoms with Crippen LogP contribution >= 0.6 is 0 Å². The summed E-state index contributed by atoms with van der Waals surface area (Å²) in [5.74, 6) is 0.0473. The second kappa shape index (κ2) is 7.07. The van der Waals surface area contributed by atoms with E-state index in [4.69, 9.17) is 4.84 Å². The van der Waals surface area contributed by atoms with Gasteiger partial charge in [-0.05, 0) is 39.8 Å². The van der Waals surface area contributed by atoms with Crippen molar-refractivity contribution in [3.8, 4) is 0 Å². The zero-order valence-corrected chi connectivity index (χ0v) is 15.0. The number of rotatable bonds is 5. The van der Waals surface area contributed by atoms with Gasteiger partial charge >= 0.3 is 0 Å². The molecule has 1 aromatic carbocycles. The van der Waals surface area contributed by atoms with Crippen molar-refractivity contribution in [2.75, 3.05) is 25.0 Å². The fourth-order valence-corrected chi connectivity index (χ4v) is 2.39. The molecule has 1 heterocycles. The normalized spacial score (nSPS) is 18.6. The van der Waals surface area contributed by atoms with E-state index in [1.54, 1.807) is 14.0 Å². The highest BCUT2D eigenvalue weighted by Crippen LogP contribution is 2.23. The maximum atomic E-state index is 11.9. The zero-order valence-electron chi connectivity index (χ0n) is 15.0. The summed E-state index contributed by atoms with van der Waals surface area (Å²) in [6.07, 6.45) is 0.636. The van der Waals surface area contributed by atoms with Gasteiger partial charge in [0.1, 0.15) is 0 Å². The van der Waals surface area contributed by atoms with E-state index >= 15 is 0 Å². The van der Waals surface area contributed by atoms with Crippen molar-refractivity contribution >= 4 is 11.5 Å². The van der Waals surface area contributed by atoms with Crippen LogP contribution in [0.2, 0.25) is 0 Å². The SMILES string of the molecule is CC(=O)c1cccc(N2CC[C@@H](O/N=[N+](\[O-])N(C)C(C)(C)C)C2)c1. The number of carbonyl (C=O) groups is 1. The fourth-order valence-electron chi connectivity index (χ4n) is 2.39. The first kappa shape index (κ1) is 18.0. The Morgan fingerprint density at radius 1 is 1.46 bits per heavy atom. The number of nitrogens with zero attached hydrogens (tertiary/aromatic N) is 4. The average Bonchev–Trinajstić information content (AvgIpc) is 3.00. The summed E-state index contributed by atoms with van der Waals surface area (Å²) in [6, 6.07) is 7.54. The van der Waals surface area contributed by atoms with Gasteiger partial charge in [-0.25, -0.2) is 0 Å². The third-order valence-electron chi connectivity index (χ3n) is 4.26. The first-order valence-corrected chi connectivity index (χ1v) is 8.12. The Balaban J connectivity index is 1.96. The lowest BCUT2D eigenvalue weighted by atomic mass is 10.1. The van der Waals surface area contributed by atoms with Gasteiger partial charge in [0, 0.05) is 24.2 Å². The Kier molecular flexibility index (Phi) is 5.31. The third-order valence-corrected chi connectivity index (χ3v) is 4.26. The molecular weight excluding hydrogens is 308 g/mol. The van der Waals surface area contributed by atoms with E-state index in [0.717, 1.165) is 18.7 Å². The third kappa shape index (κ3) is 4.37. The molecule has 0 spiro atoms. The number of benzene rings is 1. The van der Waals surface area contributed by atoms with Crippen LogP contribution in [0, 0.1) is 5.21 Å². The quantitative estimate of drug-likeness (QED) is 0.358. The monoisotopic (exact) mass is 334 g/mol. The molecule has 1 atom stereocenters. The maximum Gasteiger partial charge on any atom is 0.233 e. The second-order valence-electron chi connectivity index (χ2n) is 7.10. The Hall–Kier alpha value is -2.31. The first-order valence-electron chi connectivity index (χ1n) is 8.12. The second-order valence-corrected chi connectivity index (χ2v) is 7.10. The first-order chi connectivity index (χ1) is 11.2. The molecule has 1 saturated heterocycles. The zero-order chi connectivity index (χ0) is 17.9. The summed E-state index contributed by atoms with van der Waals surface area (Å²) >= 11 is 0. The highest BCUT2D eigenvalue weighted by molar-refractivity contribution is 5.95. The Morgan fingerprint density at radius 3 is 2.79 bits per heavy atom. The molecule has 0 radical (unpaired) electrons. The van der Waals surface area contributed by atoms with Gasteiger partial charge in [0.05, 0.1) is 24.1 Å². The summed E-state index contributed by atoms with van der Waals surface area (Å²) in [7, 11) is 1.67. The number of carbonyl (C=O) groups excluding carboxylic acids is 1. The molecule has 0 saturated carbocycles. The van der Waals surface area contributed by atoms with Crippen molar-refractivity contribution < 1.29 is 14.6 Å². The molecule has 0 aliphatic carbocycles. The predicted octanol–water partition coefficient (Wildman–Crippen LogP) is 3.01. The lowest BCUT2D eigenvalue weighted by Crippen LogP contribution is -2.42. The molecule has 7 heteroatoms. The Bertz CT molecular complexity index is 625. The van der Waals surface area contributed by atoms with E-state index in [1.807, 2.05) is 45.0 Å².